The fourth-order valence-electron chi connectivity index (χ4n) is 3.87. The molecule has 34 heavy (non-hydrogen) atoms. The number of aryl methyl sites for hydroxylation is 1. The van der Waals surface area contributed by atoms with Gasteiger partial charge < -0.3 is 23.2 Å². The van der Waals surface area contributed by atoms with Gasteiger partial charge in [0.2, 0.25) is 15.8 Å². The lowest BCUT2D eigenvalue weighted by atomic mass is 10.1. The van der Waals surface area contributed by atoms with Crippen LogP contribution in [0.15, 0.2) is 50.2 Å². The largest absolute Gasteiger partial charge is 0.497 e. The first kappa shape index (κ1) is 22.4. The average Bonchev–Trinajstić information content (AvgIpc) is 3.49. The maximum atomic E-state index is 13.1. The number of ether oxygens (including phenoxy) is 3. The second-order valence-electron chi connectivity index (χ2n) is 7.76. The minimum absolute atomic E-state index is 0.183. The summed E-state index contributed by atoms with van der Waals surface area (Å²) in [4.78, 5) is 4.68. The quantitative estimate of drug-likeness (QED) is 0.404. The van der Waals surface area contributed by atoms with E-state index in [1.807, 2.05) is 6.92 Å². The Bertz CT molecular complexity index is 1430. The van der Waals surface area contributed by atoms with Crippen molar-refractivity contribution in [3.63, 3.8) is 0 Å². The SMILES string of the molecule is COc1cc(OC)cc(-c2noc(-c3oc4ccc(S(=O)(=O)N5CCOCC5)cc4c3C)n2)c1. The summed E-state index contributed by atoms with van der Waals surface area (Å²) < 4.78 is 54.9. The zero-order chi connectivity index (χ0) is 23.9. The van der Waals surface area contributed by atoms with Gasteiger partial charge in [0.05, 0.1) is 32.3 Å². The molecule has 0 saturated carbocycles. The summed E-state index contributed by atoms with van der Waals surface area (Å²) in [6, 6.07) is 10.1. The number of morpholine rings is 1. The number of methoxy groups -OCH3 is 2. The van der Waals surface area contributed by atoms with Gasteiger partial charge in [0.15, 0.2) is 5.76 Å². The summed E-state index contributed by atoms with van der Waals surface area (Å²) in [6.07, 6.45) is 0. The smallest absolute Gasteiger partial charge is 0.294 e. The van der Waals surface area contributed by atoms with Crippen LogP contribution in [0.1, 0.15) is 5.56 Å². The van der Waals surface area contributed by atoms with Gasteiger partial charge in [-0.2, -0.15) is 9.29 Å². The monoisotopic (exact) mass is 485 g/mol. The van der Waals surface area contributed by atoms with Crippen LogP contribution in [-0.4, -0.2) is 63.4 Å². The van der Waals surface area contributed by atoms with Crippen LogP contribution in [0.5, 0.6) is 11.5 Å². The van der Waals surface area contributed by atoms with E-state index in [1.54, 1.807) is 50.6 Å². The predicted octanol–water partition coefficient (Wildman–Crippen LogP) is 3.50. The predicted molar refractivity (Wildman–Crippen MR) is 122 cm³/mol. The molecule has 5 rings (SSSR count). The first-order valence-corrected chi connectivity index (χ1v) is 12.0. The Kier molecular flexibility index (Phi) is 5.76. The van der Waals surface area contributed by atoms with E-state index in [4.69, 9.17) is 23.2 Å². The van der Waals surface area contributed by atoms with E-state index in [9.17, 15) is 8.42 Å². The molecule has 0 bridgehead atoms. The highest BCUT2D eigenvalue weighted by molar-refractivity contribution is 7.89. The Labute approximate surface area is 196 Å². The van der Waals surface area contributed by atoms with Crippen LogP contribution in [0.4, 0.5) is 0 Å². The Morgan fingerprint density at radius 3 is 2.38 bits per heavy atom. The number of hydrogen-bond acceptors (Lipinski definition) is 9. The molecule has 0 spiro atoms. The van der Waals surface area contributed by atoms with E-state index in [1.165, 1.54) is 4.31 Å². The first-order valence-electron chi connectivity index (χ1n) is 10.6. The molecule has 0 radical (unpaired) electrons. The number of sulfonamides is 1. The molecule has 0 atom stereocenters. The van der Waals surface area contributed by atoms with E-state index < -0.39 is 10.0 Å². The Morgan fingerprint density at radius 2 is 1.71 bits per heavy atom. The molecule has 3 heterocycles. The van der Waals surface area contributed by atoms with Crippen molar-refractivity contribution in [3.8, 4) is 34.5 Å². The summed E-state index contributed by atoms with van der Waals surface area (Å²) in [5, 5.41) is 4.73. The zero-order valence-electron chi connectivity index (χ0n) is 18.9. The molecule has 10 nitrogen and oxygen atoms in total. The normalized spacial score (nSPS) is 15.0. The van der Waals surface area contributed by atoms with Crippen LogP contribution in [0.2, 0.25) is 0 Å². The van der Waals surface area contributed by atoms with Crippen molar-refractivity contribution in [2.45, 2.75) is 11.8 Å². The third-order valence-corrected chi connectivity index (χ3v) is 7.64. The third kappa shape index (κ3) is 3.91. The van der Waals surface area contributed by atoms with Crippen molar-refractivity contribution in [2.24, 2.45) is 0 Å². The van der Waals surface area contributed by atoms with Gasteiger partial charge in [-0.15, -0.1) is 0 Å². The van der Waals surface area contributed by atoms with Gasteiger partial charge in [-0.05, 0) is 37.3 Å². The molecule has 2 aromatic carbocycles. The zero-order valence-corrected chi connectivity index (χ0v) is 19.7. The van der Waals surface area contributed by atoms with Gasteiger partial charge in [-0.1, -0.05) is 5.16 Å². The van der Waals surface area contributed by atoms with Gasteiger partial charge >= 0.3 is 0 Å². The molecule has 1 aliphatic rings. The molecule has 178 valence electrons. The highest BCUT2D eigenvalue weighted by atomic mass is 32.2. The highest BCUT2D eigenvalue weighted by Crippen LogP contribution is 2.35. The van der Waals surface area contributed by atoms with Crippen LogP contribution in [-0.2, 0) is 14.8 Å². The summed E-state index contributed by atoms with van der Waals surface area (Å²) in [7, 11) is -0.512. The molecule has 11 heteroatoms. The number of rotatable bonds is 6. The van der Waals surface area contributed by atoms with E-state index in [0.717, 1.165) is 0 Å². The summed E-state index contributed by atoms with van der Waals surface area (Å²) >= 11 is 0. The number of hydrogen-bond donors (Lipinski definition) is 0. The van der Waals surface area contributed by atoms with E-state index in [2.05, 4.69) is 10.1 Å². The Balaban J connectivity index is 1.51. The summed E-state index contributed by atoms with van der Waals surface area (Å²) in [5.74, 6) is 2.08. The molecule has 1 saturated heterocycles. The second-order valence-corrected chi connectivity index (χ2v) is 9.69. The fraction of sp³-hybridized carbons (Fsp3) is 0.304. The van der Waals surface area contributed by atoms with E-state index in [0.29, 0.717) is 71.5 Å². The maximum Gasteiger partial charge on any atom is 0.294 e. The molecule has 0 N–H and O–H groups in total. The van der Waals surface area contributed by atoms with Crippen molar-refractivity contribution < 1.29 is 31.6 Å². The van der Waals surface area contributed by atoms with Gasteiger partial charge in [0, 0.05) is 35.7 Å². The van der Waals surface area contributed by atoms with Crippen molar-refractivity contribution in [1.29, 1.82) is 0 Å². The van der Waals surface area contributed by atoms with Gasteiger partial charge in [0.1, 0.15) is 17.1 Å². The standard InChI is InChI=1S/C23H23N3O7S/c1-14-19-13-18(34(27,28)26-6-8-31-9-7-26)4-5-20(19)32-21(14)23-24-22(25-33-23)15-10-16(29-2)12-17(11-15)30-3/h4-5,10-13H,6-9H2,1-3H3. The number of furan rings is 1. The number of benzene rings is 2. The minimum atomic E-state index is -3.63. The van der Waals surface area contributed by atoms with Crippen LogP contribution in [0.25, 0.3) is 34.0 Å². The molecular formula is C23H23N3O7S. The summed E-state index contributed by atoms with van der Waals surface area (Å²) in [5.41, 5.74) is 1.88. The highest BCUT2D eigenvalue weighted by Gasteiger charge is 2.28. The lowest BCUT2D eigenvalue weighted by Crippen LogP contribution is -2.40. The molecule has 2 aromatic heterocycles. The average molecular weight is 486 g/mol. The van der Waals surface area contributed by atoms with Crippen LogP contribution < -0.4 is 9.47 Å². The molecule has 0 aliphatic carbocycles. The third-order valence-electron chi connectivity index (χ3n) is 5.75. The Hall–Kier alpha value is -3.41. The van der Waals surface area contributed by atoms with Crippen LogP contribution in [0.3, 0.4) is 0 Å². The maximum absolute atomic E-state index is 13.1. The van der Waals surface area contributed by atoms with E-state index in [-0.39, 0.29) is 10.8 Å². The number of fused-ring (bicyclic) bond motifs is 1. The first-order chi connectivity index (χ1) is 16.4. The van der Waals surface area contributed by atoms with Crippen molar-refractivity contribution in [1.82, 2.24) is 14.4 Å². The fourth-order valence-corrected chi connectivity index (χ4v) is 5.30. The summed E-state index contributed by atoms with van der Waals surface area (Å²) in [6.45, 7) is 3.25. The van der Waals surface area contributed by atoms with Crippen LogP contribution in [0, 0.1) is 6.92 Å². The molecule has 0 amide bonds. The number of nitrogens with zero attached hydrogens (tertiary/aromatic N) is 3. The van der Waals surface area contributed by atoms with Crippen molar-refractivity contribution in [2.75, 3.05) is 40.5 Å². The van der Waals surface area contributed by atoms with E-state index >= 15 is 0 Å². The topological polar surface area (TPSA) is 117 Å². The molecule has 1 aliphatic heterocycles. The number of aromatic nitrogens is 2. The Morgan fingerprint density at radius 1 is 1.00 bits per heavy atom. The van der Waals surface area contributed by atoms with Crippen molar-refractivity contribution >= 4 is 21.0 Å². The van der Waals surface area contributed by atoms with Gasteiger partial charge in [-0.25, -0.2) is 8.42 Å². The second kappa shape index (κ2) is 8.75. The lowest BCUT2D eigenvalue weighted by Gasteiger charge is -2.26. The van der Waals surface area contributed by atoms with Crippen molar-refractivity contribution in [3.05, 3.63) is 42.0 Å². The molecular weight excluding hydrogens is 462 g/mol. The van der Waals surface area contributed by atoms with Gasteiger partial charge in [-0.3, -0.25) is 0 Å². The lowest BCUT2D eigenvalue weighted by molar-refractivity contribution is 0.0730. The molecule has 4 aromatic rings. The molecule has 0 unspecified atom stereocenters. The molecule has 1 fully saturated rings. The van der Waals surface area contributed by atoms with Gasteiger partial charge in [0.25, 0.3) is 5.89 Å². The minimum Gasteiger partial charge on any atom is -0.497 e. The van der Waals surface area contributed by atoms with Crippen LogP contribution >= 0.6 is 0 Å².